The second-order valence-corrected chi connectivity index (χ2v) is 8.84. The third kappa shape index (κ3) is 2.66. The number of rotatable bonds is 2. The van der Waals surface area contributed by atoms with E-state index in [0.717, 1.165) is 4.31 Å². The minimum atomic E-state index is -3.53. The molecule has 2 heterocycles. The summed E-state index contributed by atoms with van der Waals surface area (Å²) >= 11 is 7.98. The number of hydrogen-bond donors (Lipinski definition) is 0. The van der Waals surface area contributed by atoms with Crippen LogP contribution in [0.4, 0.5) is 10.1 Å². The quantitative estimate of drug-likeness (QED) is 0.619. The Labute approximate surface area is 157 Å². The molecule has 3 rings (SSSR count). The van der Waals surface area contributed by atoms with Gasteiger partial charge in [-0.05, 0) is 35.1 Å². The third-order valence-electron chi connectivity index (χ3n) is 3.81. The van der Waals surface area contributed by atoms with Crippen LogP contribution in [-0.2, 0) is 17.1 Å². The van der Waals surface area contributed by atoms with Gasteiger partial charge in [-0.1, -0.05) is 11.6 Å². The molecule has 0 N–H and O–H groups in total. The maximum Gasteiger partial charge on any atom is 0.235 e. The summed E-state index contributed by atoms with van der Waals surface area (Å²) in [5.74, 6) is -0.777. The van der Waals surface area contributed by atoms with Crippen LogP contribution in [0, 0.1) is 20.7 Å². The van der Waals surface area contributed by atoms with Crippen LogP contribution in [0.1, 0.15) is 12.0 Å². The van der Waals surface area contributed by atoms with Gasteiger partial charge in [-0.2, -0.15) is 10.4 Å². The summed E-state index contributed by atoms with van der Waals surface area (Å²) in [4.78, 5) is 0. The molecule has 0 aliphatic carbocycles. The number of sulfonamides is 1. The summed E-state index contributed by atoms with van der Waals surface area (Å²) in [6.45, 7) is 0.237. The van der Waals surface area contributed by atoms with Gasteiger partial charge in [0.15, 0.2) is 5.82 Å². The van der Waals surface area contributed by atoms with E-state index in [1.54, 1.807) is 7.05 Å². The van der Waals surface area contributed by atoms with Gasteiger partial charge in [0.2, 0.25) is 10.0 Å². The molecule has 0 bridgehead atoms. The second kappa shape index (κ2) is 6.16. The lowest BCUT2D eigenvalue weighted by Crippen LogP contribution is -2.26. The average molecular weight is 481 g/mol. The molecule has 1 aliphatic heterocycles. The molecule has 1 aromatic carbocycles. The van der Waals surface area contributed by atoms with Crippen LogP contribution < -0.4 is 4.31 Å². The van der Waals surface area contributed by atoms with Gasteiger partial charge in [-0.25, -0.2) is 12.8 Å². The molecule has 2 aromatic rings. The minimum Gasteiger partial charge on any atom is -0.269 e. The van der Waals surface area contributed by atoms with Gasteiger partial charge >= 0.3 is 0 Å². The monoisotopic (exact) mass is 480 g/mol. The van der Waals surface area contributed by atoms with Crippen molar-refractivity contribution in [3.8, 4) is 17.3 Å². The highest BCUT2D eigenvalue weighted by Crippen LogP contribution is 2.40. The van der Waals surface area contributed by atoms with Crippen molar-refractivity contribution in [3.63, 3.8) is 0 Å². The number of nitrogens with zero attached hydrogens (tertiary/aromatic N) is 4. The standard InChI is InChI=1S/C14H11ClFIN4O2S/c1-20-14(10(17)7-19-20)12-8(6-18)11(5-9(15)13(12)16)21-3-2-4-24(21,22)23/h5,7H,2-4H2,1H3. The zero-order valence-electron chi connectivity index (χ0n) is 12.4. The first-order valence-corrected chi connectivity index (χ1v) is 9.95. The minimum absolute atomic E-state index is 0.00849. The lowest BCUT2D eigenvalue weighted by atomic mass is 10.0. The highest BCUT2D eigenvalue weighted by Gasteiger charge is 2.33. The molecule has 126 valence electrons. The van der Waals surface area contributed by atoms with Gasteiger partial charge in [-0.3, -0.25) is 8.99 Å². The first kappa shape index (κ1) is 17.4. The van der Waals surface area contributed by atoms with Crippen LogP contribution in [0.5, 0.6) is 0 Å². The summed E-state index contributed by atoms with van der Waals surface area (Å²) in [5.41, 5.74) is 0.383. The van der Waals surface area contributed by atoms with Crippen LogP contribution in [-0.4, -0.2) is 30.5 Å². The number of halogens is 3. The van der Waals surface area contributed by atoms with Crippen LogP contribution in [0.3, 0.4) is 0 Å². The largest absolute Gasteiger partial charge is 0.269 e. The first-order chi connectivity index (χ1) is 11.3. The molecular formula is C14H11ClFIN4O2S. The molecule has 0 unspecified atom stereocenters. The number of hydrogen-bond acceptors (Lipinski definition) is 4. The Morgan fingerprint density at radius 1 is 1.50 bits per heavy atom. The predicted octanol–water partition coefficient (Wildman–Crippen LogP) is 2.90. The Balaban J connectivity index is 2.38. The zero-order valence-corrected chi connectivity index (χ0v) is 16.2. The number of aryl methyl sites for hydroxylation is 1. The van der Waals surface area contributed by atoms with Crippen molar-refractivity contribution in [2.24, 2.45) is 7.05 Å². The van der Waals surface area contributed by atoms with E-state index in [4.69, 9.17) is 11.6 Å². The molecule has 1 fully saturated rings. The van der Waals surface area contributed by atoms with E-state index in [2.05, 4.69) is 5.10 Å². The number of nitriles is 1. The molecule has 0 atom stereocenters. The molecule has 1 aliphatic rings. The fourth-order valence-corrected chi connectivity index (χ4v) is 5.25. The van der Waals surface area contributed by atoms with E-state index in [0.29, 0.717) is 15.7 Å². The van der Waals surface area contributed by atoms with Crippen molar-refractivity contribution in [2.75, 3.05) is 16.6 Å². The van der Waals surface area contributed by atoms with Crippen LogP contribution >= 0.6 is 34.2 Å². The van der Waals surface area contributed by atoms with Gasteiger partial charge in [0.05, 0.1) is 43.1 Å². The molecule has 0 amide bonds. The van der Waals surface area contributed by atoms with Crippen molar-refractivity contribution in [2.45, 2.75) is 6.42 Å². The highest BCUT2D eigenvalue weighted by molar-refractivity contribution is 14.1. The fraction of sp³-hybridized carbons (Fsp3) is 0.286. The molecule has 24 heavy (non-hydrogen) atoms. The molecule has 0 spiro atoms. The van der Waals surface area contributed by atoms with E-state index in [1.807, 2.05) is 28.7 Å². The molecule has 6 nitrogen and oxygen atoms in total. The van der Waals surface area contributed by atoms with Gasteiger partial charge in [0.1, 0.15) is 6.07 Å². The van der Waals surface area contributed by atoms with Crippen molar-refractivity contribution < 1.29 is 12.8 Å². The topological polar surface area (TPSA) is 79.0 Å². The van der Waals surface area contributed by atoms with Crippen molar-refractivity contribution >= 4 is 49.9 Å². The average Bonchev–Trinajstić information content (AvgIpc) is 3.03. The van der Waals surface area contributed by atoms with Crippen LogP contribution in [0.15, 0.2) is 12.3 Å². The molecule has 1 aromatic heterocycles. The van der Waals surface area contributed by atoms with Crippen molar-refractivity contribution in [3.05, 3.63) is 32.2 Å². The molecule has 10 heteroatoms. The molecular weight excluding hydrogens is 470 g/mol. The summed E-state index contributed by atoms with van der Waals surface area (Å²) in [7, 11) is -1.91. The smallest absolute Gasteiger partial charge is 0.235 e. The van der Waals surface area contributed by atoms with Gasteiger partial charge in [0.25, 0.3) is 0 Å². The first-order valence-electron chi connectivity index (χ1n) is 6.88. The Morgan fingerprint density at radius 2 is 2.21 bits per heavy atom. The maximum absolute atomic E-state index is 14.7. The van der Waals surface area contributed by atoms with Crippen LogP contribution in [0.25, 0.3) is 11.3 Å². The Hall–Kier alpha value is -1.38. The lowest BCUT2D eigenvalue weighted by Gasteiger charge is -2.21. The van der Waals surface area contributed by atoms with E-state index in [-0.39, 0.29) is 34.1 Å². The van der Waals surface area contributed by atoms with E-state index < -0.39 is 15.8 Å². The second-order valence-electron chi connectivity index (χ2n) is 5.26. The summed E-state index contributed by atoms with van der Waals surface area (Å²) in [5, 5.41) is 13.4. The number of anilines is 1. The predicted molar refractivity (Wildman–Crippen MR) is 96.8 cm³/mol. The van der Waals surface area contributed by atoms with Crippen molar-refractivity contribution in [1.82, 2.24) is 9.78 Å². The summed E-state index contributed by atoms with van der Waals surface area (Å²) in [6.07, 6.45) is 1.98. The highest BCUT2D eigenvalue weighted by atomic mass is 127. The van der Waals surface area contributed by atoms with Gasteiger partial charge < -0.3 is 0 Å². The Morgan fingerprint density at radius 3 is 2.71 bits per heavy atom. The SMILES string of the molecule is Cn1ncc(I)c1-c1c(F)c(Cl)cc(N2CCCS2(=O)=O)c1C#N. The summed E-state index contributed by atoms with van der Waals surface area (Å²) < 4.78 is 42.4. The Kier molecular flexibility index (Phi) is 4.48. The van der Waals surface area contributed by atoms with E-state index in [1.165, 1.54) is 16.9 Å². The van der Waals surface area contributed by atoms with E-state index in [9.17, 15) is 18.1 Å². The van der Waals surface area contributed by atoms with Crippen molar-refractivity contribution in [1.29, 1.82) is 5.26 Å². The molecule has 1 saturated heterocycles. The number of aromatic nitrogens is 2. The van der Waals surface area contributed by atoms with Gasteiger partial charge in [0, 0.05) is 13.6 Å². The third-order valence-corrected chi connectivity index (χ3v) is 6.73. The normalized spacial score (nSPS) is 16.4. The summed E-state index contributed by atoms with van der Waals surface area (Å²) in [6, 6.07) is 3.14. The fourth-order valence-electron chi connectivity index (χ4n) is 2.75. The zero-order chi connectivity index (χ0) is 17.6. The lowest BCUT2D eigenvalue weighted by molar-refractivity contribution is 0.599. The maximum atomic E-state index is 14.7. The Bertz CT molecular complexity index is 964. The van der Waals surface area contributed by atoms with Gasteiger partial charge in [-0.15, -0.1) is 0 Å². The molecule has 0 radical (unpaired) electrons. The van der Waals surface area contributed by atoms with Crippen LogP contribution in [0.2, 0.25) is 5.02 Å². The number of benzene rings is 1. The molecule has 0 saturated carbocycles. The van der Waals surface area contributed by atoms with E-state index >= 15 is 0 Å².